The van der Waals surface area contributed by atoms with Crippen molar-refractivity contribution in [1.82, 2.24) is 15.3 Å². The third kappa shape index (κ3) is 1.74. The van der Waals surface area contributed by atoms with Crippen LogP contribution in [0.25, 0.3) is 0 Å². The Balaban J connectivity index is 2.00. The van der Waals surface area contributed by atoms with Crippen LogP contribution in [0.4, 0.5) is 5.82 Å². The first-order valence-corrected chi connectivity index (χ1v) is 6.16. The lowest BCUT2D eigenvalue weighted by molar-refractivity contribution is 0.388. The van der Waals surface area contributed by atoms with E-state index in [4.69, 9.17) is 4.74 Å². The van der Waals surface area contributed by atoms with Gasteiger partial charge in [0.05, 0.1) is 19.0 Å². The summed E-state index contributed by atoms with van der Waals surface area (Å²) in [5.74, 6) is 1.57. The fraction of sp³-hybridized carbons (Fsp3) is 0.667. The van der Waals surface area contributed by atoms with Gasteiger partial charge < -0.3 is 15.0 Å². The number of aryl methyl sites for hydroxylation is 1. The van der Waals surface area contributed by atoms with Gasteiger partial charge in [-0.1, -0.05) is 0 Å². The van der Waals surface area contributed by atoms with Gasteiger partial charge in [0.25, 0.3) is 5.88 Å². The number of ether oxygens (including phenoxy) is 1. The van der Waals surface area contributed by atoms with Crippen molar-refractivity contribution in [3.8, 4) is 5.88 Å². The summed E-state index contributed by atoms with van der Waals surface area (Å²) in [7, 11) is 1.66. The monoisotopic (exact) mass is 234 g/mol. The highest BCUT2D eigenvalue weighted by Crippen LogP contribution is 2.35. The van der Waals surface area contributed by atoms with Gasteiger partial charge in [0, 0.05) is 25.2 Å². The normalized spacial score (nSPS) is 27.3. The van der Waals surface area contributed by atoms with Crippen LogP contribution >= 0.6 is 0 Å². The fourth-order valence-corrected chi connectivity index (χ4v) is 2.89. The van der Waals surface area contributed by atoms with Crippen LogP contribution in [-0.2, 0) is 0 Å². The number of hydrogen-bond acceptors (Lipinski definition) is 5. The van der Waals surface area contributed by atoms with E-state index in [2.05, 4.69) is 20.2 Å². The summed E-state index contributed by atoms with van der Waals surface area (Å²) < 4.78 is 5.34. The van der Waals surface area contributed by atoms with E-state index in [1.165, 1.54) is 12.8 Å². The molecule has 17 heavy (non-hydrogen) atoms. The van der Waals surface area contributed by atoms with Crippen molar-refractivity contribution in [3.05, 3.63) is 11.9 Å². The first kappa shape index (κ1) is 10.8. The van der Waals surface area contributed by atoms with E-state index in [1.807, 2.05) is 6.92 Å². The molecule has 0 radical (unpaired) electrons. The molecule has 2 aliphatic rings. The van der Waals surface area contributed by atoms with E-state index in [1.54, 1.807) is 13.3 Å². The minimum Gasteiger partial charge on any atom is -0.478 e. The summed E-state index contributed by atoms with van der Waals surface area (Å²) in [5, 5.41) is 3.47. The SMILES string of the molecule is COc1ncc(C)nc1N1C2CCC1CNC2. The van der Waals surface area contributed by atoms with E-state index in [0.29, 0.717) is 18.0 Å². The molecule has 5 heteroatoms. The molecule has 2 bridgehead atoms. The number of aromatic nitrogens is 2. The lowest BCUT2D eigenvalue weighted by Crippen LogP contribution is -2.52. The molecule has 0 spiro atoms. The molecule has 92 valence electrons. The third-order valence-electron chi connectivity index (χ3n) is 3.66. The van der Waals surface area contributed by atoms with Crippen LogP contribution in [0.1, 0.15) is 18.5 Å². The zero-order chi connectivity index (χ0) is 11.8. The van der Waals surface area contributed by atoms with Crippen molar-refractivity contribution < 1.29 is 4.74 Å². The van der Waals surface area contributed by atoms with Crippen molar-refractivity contribution in [2.24, 2.45) is 0 Å². The van der Waals surface area contributed by atoms with Gasteiger partial charge in [-0.2, -0.15) is 0 Å². The third-order valence-corrected chi connectivity index (χ3v) is 3.66. The molecule has 5 nitrogen and oxygen atoms in total. The van der Waals surface area contributed by atoms with Crippen molar-refractivity contribution in [1.29, 1.82) is 0 Å². The summed E-state index contributed by atoms with van der Waals surface area (Å²) in [6, 6.07) is 1.08. The first-order valence-electron chi connectivity index (χ1n) is 6.16. The summed E-state index contributed by atoms with van der Waals surface area (Å²) in [4.78, 5) is 11.3. The maximum Gasteiger partial charge on any atom is 0.257 e. The van der Waals surface area contributed by atoms with Crippen LogP contribution in [0.2, 0.25) is 0 Å². The van der Waals surface area contributed by atoms with Gasteiger partial charge in [0.1, 0.15) is 0 Å². The lowest BCUT2D eigenvalue weighted by atomic mass is 10.2. The quantitative estimate of drug-likeness (QED) is 0.817. The van der Waals surface area contributed by atoms with Crippen molar-refractivity contribution in [3.63, 3.8) is 0 Å². The standard InChI is InChI=1S/C12H18N4O/c1-8-5-14-12(17-2)11(15-8)16-9-3-4-10(16)7-13-6-9/h5,9-10,13H,3-4,6-7H2,1-2H3. The molecular formula is C12H18N4O. The van der Waals surface area contributed by atoms with Crippen LogP contribution < -0.4 is 15.0 Å². The van der Waals surface area contributed by atoms with E-state index < -0.39 is 0 Å². The minimum atomic E-state index is 0.541. The summed E-state index contributed by atoms with van der Waals surface area (Å²) in [5.41, 5.74) is 0.943. The van der Waals surface area contributed by atoms with Crippen LogP contribution in [0.3, 0.4) is 0 Å². The van der Waals surface area contributed by atoms with E-state index in [-0.39, 0.29) is 0 Å². The molecule has 0 saturated carbocycles. The molecule has 0 aromatic carbocycles. The Labute approximate surface area is 101 Å². The van der Waals surface area contributed by atoms with Gasteiger partial charge in [-0.15, -0.1) is 0 Å². The highest BCUT2D eigenvalue weighted by Gasteiger charge is 2.38. The lowest BCUT2D eigenvalue weighted by Gasteiger charge is -2.36. The van der Waals surface area contributed by atoms with Gasteiger partial charge in [-0.3, -0.25) is 0 Å². The van der Waals surface area contributed by atoms with E-state index in [9.17, 15) is 0 Å². The Kier molecular flexibility index (Phi) is 2.63. The Morgan fingerprint density at radius 3 is 2.71 bits per heavy atom. The number of anilines is 1. The fourth-order valence-electron chi connectivity index (χ4n) is 2.89. The second-order valence-electron chi connectivity index (χ2n) is 4.79. The molecule has 2 atom stereocenters. The number of nitrogens with zero attached hydrogens (tertiary/aromatic N) is 3. The van der Waals surface area contributed by atoms with Crippen LogP contribution in [0, 0.1) is 6.92 Å². The van der Waals surface area contributed by atoms with Crippen molar-refractivity contribution >= 4 is 5.82 Å². The highest BCUT2D eigenvalue weighted by molar-refractivity contribution is 5.52. The highest BCUT2D eigenvalue weighted by atomic mass is 16.5. The van der Waals surface area contributed by atoms with E-state index in [0.717, 1.165) is 24.6 Å². The Morgan fingerprint density at radius 1 is 1.35 bits per heavy atom. The molecular weight excluding hydrogens is 216 g/mol. The minimum absolute atomic E-state index is 0.541. The van der Waals surface area contributed by atoms with Crippen LogP contribution in [-0.4, -0.2) is 42.3 Å². The Bertz CT molecular complexity index is 407. The maximum atomic E-state index is 5.34. The molecule has 1 aromatic heterocycles. The second-order valence-corrected chi connectivity index (χ2v) is 4.79. The largest absolute Gasteiger partial charge is 0.478 e. The number of piperazine rings is 1. The molecule has 3 heterocycles. The smallest absolute Gasteiger partial charge is 0.257 e. The zero-order valence-corrected chi connectivity index (χ0v) is 10.3. The summed E-state index contributed by atoms with van der Waals surface area (Å²) in [6.45, 7) is 4.05. The van der Waals surface area contributed by atoms with Gasteiger partial charge in [0.2, 0.25) is 0 Å². The Hall–Kier alpha value is -1.36. The number of methoxy groups -OCH3 is 1. The maximum absolute atomic E-state index is 5.34. The number of fused-ring (bicyclic) bond motifs is 2. The molecule has 0 amide bonds. The van der Waals surface area contributed by atoms with Gasteiger partial charge in [-0.25, -0.2) is 9.97 Å². The molecule has 1 N–H and O–H groups in total. The Morgan fingerprint density at radius 2 is 2.06 bits per heavy atom. The number of rotatable bonds is 2. The average molecular weight is 234 g/mol. The summed E-state index contributed by atoms with van der Waals surface area (Å²) >= 11 is 0. The van der Waals surface area contributed by atoms with Gasteiger partial charge in [0.15, 0.2) is 5.82 Å². The molecule has 1 aromatic rings. The average Bonchev–Trinajstić information content (AvgIpc) is 2.58. The molecule has 0 aliphatic carbocycles. The second kappa shape index (κ2) is 4.14. The molecule has 2 fully saturated rings. The van der Waals surface area contributed by atoms with Crippen LogP contribution in [0.5, 0.6) is 5.88 Å². The van der Waals surface area contributed by atoms with E-state index >= 15 is 0 Å². The summed E-state index contributed by atoms with van der Waals surface area (Å²) in [6.07, 6.45) is 4.22. The molecule has 3 rings (SSSR count). The predicted molar refractivity (Wildman–Crippen MR) is 65.5 cm³/mol. The first-order chi connectivity index (χ1) is 8.29. The van der Waals surface area contributed by atoms with Crippen molar-refractivity contribution in [2.45, 2.75) is 31.8 Å². The topological polar surface area (TPSA) is 50.3 Å². The molecule has 2 aliphatic heterocycles. The molecule has 2 unspecified atom stereocenters. The zero-order valence-electron chi connectivity index (χ0n) is 10.3. The number of nitrogens with one attached hydrogen (secondary N) is 1. The van der Waals surface area contributed by atoms with Gasteiger partial charge >= 0.3 is 0 Å². The van der Waals surface area contributed by atoms with Crippen molar-refractivity contribution in [2.75, 3.05) is 25.1 Å². The predicted octanol–water partition coefficient (Wildman–Crippen LogP) is 0.734. The molecule has 2 saturated heterocycles. The van der Waals surface area contributed by atoms with Crippen LogP contribution in [0.15, 0.2) is 6.20 Å². The number of hydrogen-bond donors (Lipinski definition) is 1. The van der Waals surface area contributed by atoms with Gasteiger partial charge in [-0.05, 0) is 19.8 Å².